The Bertz CT molecular complexity index is 711. The number of carbonyl (C=O) groups is 2. The molecule has 0 bridgehead atoms. The van der Waals surface area contributed by atoms with E-state index in [1.807, 2.05) is 36.4 Å². The molecule has 5 heteroatoms. The molecule has 0 atom stereocenters. The van der Waals surface area contributed by atoms with Crippen molar-refractivity contribution in [2.24, 2.45) is 0 Å². The predicted octanol–water partition coefficient (Wildman–Crippen LogP) is 2.62. The van der Waals surface area contributed by atoms with Crippen LogP contribution in [0.2, 0.25) is 0 Å². The van der Waals surface area contributed by atoms with Crippen LogP contribution in [-0.4, -0.2) is 42.5 Å². The van der Waals surface area contributed by atoms with E-state index in [0.29, 0.717) is 25.3 Å². The van der Waals surface area contributed by atoms with Crippen molar-refractivity contribution in [3.8, 4) is 0 Å². The number of likely N-dealkylation sites (tertiary alicyclic amines) is 1. The second-order valence-corrected chi connectivity index (χ2v) is 6.43. The lowest BCUT2D eigenvalue weighted by Gasteiger charge is -2.32. The summed E-state index contributed by atoms with van der Waals surface area (Å²) in [7, 11) is 0. The molecule has 1 N–H and O–H groups in total. The zero-order valence-electron chi connectivity index (χ0n) is 14.8. The fourth-order valence-electron chi connectivity index (χ4n) is 3.02. The third-order valence-corrected chi connectivity index (χ3v) is 4.56. The summed E-state index contributed by atoms with van der Waals surface area (Å²) in [5, 5.41) is 2.69. The van der Waals surface area contributed by atoms with Crippen molar-refractivity contribution in [1.82, 2.24) is 10.2 Å². The van der Waals surface area contributed by atoms with E-state index < -0.39 is 0 Å². The number of hydrogen-bond donors (Lipinski definition) is 1. The molecule has 1 aliphatic heterocycles. The highest BCUT2D eigenvalue weighted by molar-refractivity contribution is 5.96. The van der Waals surface area contributed by atoms with E-state index in [1.54, 1.807) is 29.2 Å². The molecule has 5 nitrogen and oxygen atoms in total. The maximum atomic E-state index is 12.3. The van der Waals surface area contributed by atoms with E-state index in [9.17, 15) is 9.59 Å². The first-order chi connectivity index (χ1) is 12.7. The van der Waals surface area contributed by atoms with Gasteiger partial charge >= 0.3 is 0 Å². The smallest absolute Gasteiger partial charge is 0.251 e. The van der Waals surface area contributed by atoms with Crippen LogP contribution in [0.5, 0.6) is 0 Å². The maximum Gasteiger partial charge on any atom is 0.251 e. The van der Waals surface area contributed by atoms with E-state index in [0.717, 1.165) is 18.4 Å². The number of nitrogens with zero attached hydrogens (tertiary/aromatic N) is 1. The van der Waals surface area contributed by atoms with Crippen molar-refractivity contribution in [3.63, 3.8) is 0 Å². The number of ether oxygens (including phenoxy) is 1. The number of amides is 2. The van der Waals surface area contributed by atoms with Gasteiger partial charge in [-0.3, -0.25) is 9.59 Å². The van der Waals surface area contributed by atoms with Gasteiger partial charge in [0, 0.05) is 18.7 Å². The largest absolute Gasteiger partial charge is 0.373 e. The molecule has 2 aromatic carbocycles. The molecular weight excluding hydrogens is 328 g/mol. The Hall–Kier alpha value is -2.66. The number of nitrogens with one attached hydrogen (secondary N) is 1. The molecule has 2 aromatic rings. The number of hydrogen-bond acceptors (Lipinski definition) is 3. The Kier molecular flexibility index (Phi) is 6.39. The second-order valence-electron chi connectivity index (χ2n) is 6.43. The molecule has 1 aliphatic rings. The lowest BCUT2D eigenvalue weighted by molar-refractivity contribution is -0.132. The van der Waals surface area contributed by atoms with Gasteiger partial charge in [0.2, 0.25) is 5.91 Å². The summed E-state index contributed by atoms with van der Waals surface area (Å²) in [5.74, 6) is -0.268. The highest BCUT2D eigenvalue weighted by Crippen LogP contribution is 2.15. The van der Waals surface area contributed by atoms with Crippen LogP contribution in [0.15, 0.2) is 60.7 Å². The molecule has 3 rings (SSSR count). The molecule has 0 unspecified atom stereocenters. The Morgan fingerprint density at radius 1 is 0.962 bits per heavy atom. The van der Waals surface area contributed by atoms with Gasteiger partial charge in [0.15, 0.2) is 0 Å². The van der Waals surface area contributed by atoms with Crippen molar-refractivity contribution >= 4 is 11.8 Å². The number of piperidine rings is 1. The minimum absolute atomic E-state index is 0.0310. The van der Waals surface area contributed by atoms with Crippen LogP contribution in [0.25, 0.3) is 0 Å². The van der Waals surface area contributed by atoms with E-state index >= 15 is 0 Å². The summed E-state index contributed by atoms with van der Waals surface area (Å²) in [6.07, 6.45) is 1.83. The van der Waals surface area contributed by atoms with Crippen molar-refractivity contribution in [2.75, 3.05) is 19.6 Å². The van der Waals surface area contributed by atoms with E-state index in [4.69, 9.17) is 4.74 Å². The average molecular weight is 352 g/mol. The van der Waals surface area contributed by atoms with Gasteiger partial charge in [0.1, 0.15) is 0 Å². The summed E-state index contributed by atoms with van der Waals surface area (Å²) < 4.78 is 5.95. The SMILES string of the molecule is O=C(NCC(=O)N1CCC(OCc2ccccc2)CC1)c1ccccc1. The summed E-state index contributed by atoms with van der Waals surface area (Å²) in [4.78, 5) is 26.1. The third kappa shape index (κ3) is 5.17. The van der Waals surface area contributed by atoms with Crippen molar-refractivity contribution < 1.29 is 14.3 Å². The molecule has 1 saturated heterocycles. The lowest BCUT2D eigenvalue weighted by Crippen LogP contribution is -2.45. The molecule has 1 heterocycles. The molecule has 0 aliphatic carbocycles. The van der Waals surface area contributed by atoms with Gasteiger partial charge in [-0.15, -0.1) is 0 Å². The number of carbonyl (C=O) groups excluding carboxylic acids is 2. The van der Waals surface area contributed by atoms with Crippen LogP contribution in [0.1, 0.15) is 28.8 Å². The number of benzene rings is 2. The summed E-state index contributed by atoms with van der Waals surface area (Å²) >= 11 is 0. The highest BCUT2D eigenvalue weighted by Gasteiger charge is 2.23. The zero-order valence-corrected chi connectivity index (χ0v) is 14.8. The van der Waals surface area contributed by atoms with Gasteiger partial charge < -0.3 is 15.0 Å². The first kappa shape index (κ1) is 18.1. The fraction of sp³-hybridized carbons (Fsp3) is 0.333. The molecular formula is C21H24N2O3. The minimum Gasteiger partial charge on any atom is -0.373 e. The van der Waals surface area contributed by atoms with Crippen molar-refractivity contribution in [3.05, 3.63) is 71.8 Å². The second kappa shape index (κ2) is 9.15. The normalized spacial score (nSPS) is 14.8. The van der Waals surface area contributed by atoms with Crippen molar-refractivity contribution in [1.29, 1.82) is 0 Å². The van der Waals surface area contributed by atoms with Crippen LogP contribution >= 0.6 is 0 Å². The van der Waals surface area contributed by atoms with E-state index in [1.165, 1.54) is 0 Å². The van der Waals surface area contributed by atoms with Gasteiger partial charge in [-0.25, -0.2) is 0 Å². The monoisotopic (exact) mass is 352 g/mol. The van der Waals surface area contributed by atoms with Gasteiger partial charge in [-0.1, -0.05) is 48.5 Å². The average Bonchev–Trinajstić information content (AvgIpc) is 2.72. The first-order valence-corrected chi connectivity index (χ1v) is 8.99. The van der Waals surface area contributed by atoms with Crippen LogP contribution in [0, 0.1) is 0 Å². The van der Waals surface area contributed by atoms with Crippen molar-refractivity contribution in [2.45, 2.75) is 25.6 Å². The summed E-state index contributed by atoms with van der Waals surface area (Å²) in [5.41, 5.74) is 1.72. The minimum atomic E-state index is -0.222. The molecule has 2 amide bonds. The van der Waals surface area contributed by atoms with Gasteiger partial charge in [-0.2, -0.15) is 0 Å². The van der Waals surface area contributed by atoms with E-state index in [2.05, 4.69) is 5.32 Å². The topological polar surface area (TPSA) is 58.6 Å². The molecule has 26 heavy (non-hydrogen) atoms. The first-order valence-electron chi connectivity index (χ1n) is 8.99. The van der Waals surface area contributed by atoms with Gasteiger partial charge in [0.05, 0.1) is 19.3 Å². The highest BCUT2D eigenvalue weighted by atomic mass is 16.5. The third-order valence-electron chi connectivity index (χ3n) is 4.56. The number of rotatable bonds is 6. The molecule has 0 spiro atoms. The molecule has 0 aromatic heterocycles. The molecule has 0 saturated carbocycles. The Morgan fingerprint density at radius 3 is 2.23 bits per heavy atom. The lowest BCUT2D eigenvalue weighted by atomic mass is 10.1. The summed E-state index contributed by atoms with van der Waals surface area (Å²) in [6, 6.07) is 19.0. The predicted molar refractivity (Wildman–Crippen MR) is 99.6 cm³/mol. The van der Waals surface area contributed by atoms with E-state index in [-0.39, 0.29) is 24.5 Å². The van der Waals surface area contributed by atoms with Crippen LogP contribution < -0.4 is 5.32 Å². The Labute approximate surface area is 154 Å². The Balaban J connectivity index is 1.37. The maximum absolute atomic E-state index is 12.3. The molecule has 1 fully saturated rings. The van der Waals surface area contributed by atoms with Crippen LogP contribution in [-0.2, 0) is 16.1 Å². The quantitative estimate of drug-likeness (QED) is 0.869. The van der Waals surface area contributed by atoms with Crippen LogP contribution in [0.4, 0.5) is 0 Å². The van der Waals surface area contributed by atoms with Gasteiger partial charge in [0.25, 0.3) is 5.91 Å². The molecule has 0 radical (unpaired) electrons. The van der Waals surface area contributed by atoms with Gasteiger partial charge in [-0.05, 0) is 30.5 Å². The van der Waals surface area contributed by atoms with Crippen LogP contribution in [0.3, 0.4) is 0 Å². The fourth-order valence-corrected chi connectivity index (χ4v) is 3.02. The molecule has 136 valence electrons. The summed E-state index contributed by atoms with van der Waals surface area (Å²) in [6.45, 7) is 1.97. The Morgan fingerprint density at radius 2 is 1.58 bits per heavy atom. The standard InChI is InChI=1S/C21H24N2O3/c24-20(15-22-21(25)18-9-5-2-6-10-18)23-13-11-19(12-14-23)26-16-17-7-3-1-4-8-17/h1-10,19H,11-16H2,(H,22,25). The zero-order chi connectivity index (χ0) is 18.2.